The van der Waals surface area contributed by atoms with Gasteiger partial charge in [-0.3, -0.25) is 4.89 Å². The highest BCUT2D eigenvalue weighted by atomic mass is 31.2. The number of phosphoric acid groups is 1. The van der Waals surface area contributed by atoms with Gasteiger partial charge in [-0.15, -0.1) is 0 Å². The highest BCUT2D eigenvalue weighted by Crippen LogP contribution is 2.58. The topological polar surface area (TPSA) is 96.2 Å². The average molecular weight is 603 g/mol. The van der Waals surface area contributed by atoms with Crippen LogP contribution in [0.25, 0.3) is 0 Å². The van der Waals surface area contributed by atoms with E-state index in [1.165, 1.54) is 0 Å². The van der Waals surface area contributed by atoms with Crippen LogP contribution >= 0.6 is 7.82 Å². The monoisotopic (exact) mass is 602 g/mol. The van der Waals surface area contributed by atoms with Gasteiger partial charge in [-0.25, -0.2) is 4.57 Å². The summed E-state index contributed by atoms with van der Waals surface area (Å²) in [5, 5.41) is 21.0. The molecule has 3 rings (SSSR count). The first-order valence-corrected chi connectivity index (χ1v) is 17.1. The second-order valence-electron chi connectivity index (χ2n) is 14.8. The first-order chi connectivity index (χ1) is 19.2. The number of fused-ring (bicyclic) bond motifs is 2. The van der Waals surface area contributed by atoms with E-state index >= 15 is 0 Å². The molecular weight excluding hydrogens is 547 g/mol. The van der Waals surface area contributed by atoms with Crippen LogP contribution in [0, 0.1) is 0 Å². The summed E-state index contributed by atoms with van der Waals surface area (Å²) in [5.41, 5.74) is 3.99. The summed E-state index contributed by atoms with van der Waals surface area (Å²) in [6.07, 6.45) is 1.66. The molecule has 0 amide bonds. The SMILES string of the molecule is CCC(C)(C)c1cc2c(c(C(C)(C)CC)c1)OP(=O)(O)Oc1c(cc(C(C)(C)CC)cc1C(C)(C)CC)C2CC(O)O. The van der Waals surface area contributed by atoms with Gasteiger partial charge >= 0.3 is 7.82 Å². The van der Waals surface area contributed by atoms with E-state index in [0.717, 1.165) is 47.9 Å². The van der Waals surface area contributed by atoms with Gasteiger partial charge in [0.2, 0.25) is 0 Å². The number of hydrogen-bond acceptors (Lipinski definition) is 5. The van der Waals surface area contributed by atoms with Crippen molar-refractivity contribution in [2.24, 2.45) is 0 Å². The fourth-order valence-electron chi connectivity index (χ4n) is 5.48. The van der Waals surface area contributed by atoms with Gasteiger partial charge in [0.05, 0.1) is 0 Å². The van der Waals surface area contributed by atoms with Crippen LogP contribution in [0.2, 0.25) is 0 Å². The van der Waals surface area contributed by atoms with Crippen LogP contribution in [-0.4, -0.2) is 21.4 Å². The van der Waals surface area contributed by atoms with Crippen molar-refractivity contribution in [2.45, 2.75) is 149 Å². The molecule has 42 heavy (non-hydrogen) atoms. The number of benzene rings is 2. The summed E-state index contributed by atoms with van der Waals surface area (Å²) in [6.45, 7) is 25.6. The van der Waals surface area contributed by atoms with Crippen molar-refractivity contribution >= 4 is 7.82 Å². The molecule has 1 aliphatic rings. The smallest absolute Gasteiger partial charge is 0.395 e. The van der Waals surface area contributed by atoms with Crippen molar-refractivity contribution < 1.29 is 28.7 Å². The van der Waals surface area contributed by atoms with Gasteiger partial charge in [0.25, 0.3) is 0 Å². The molecule has 0 aliphatic carbocycles. The van der Waals surface area contributed by atoms with Crippen LogP contribution in [0.3, 0.4) is 0 Å². The molecule has 1 aliphatic heterocycles. The predicted molar refractivity (Wildman–Crippen MR) is 172 cm³/mol. The quantitative estimate of drug-likeness (QED) is 0.185. The van der Waals surface area contributed by atoms with Crippen LogP contribution in [0.5, 0.6) is 11.5 Å². The van der Waals surface area contributed by atoms with E-state index in [1.54, 1.807) is 0 Å². The Bertz CT molecular complexity index is 1240. The number of phosphoric ester groups is 1. The molecule has 0 radical (unpaired) electrons. The van der Waals surface area contributed by atoms with E-state index in [1.807, 2.05) is 0 Å². The molecule has 7 heteroatoms. The van der Waals surface area contributed by atoms with Crippen LogP contribution in [-0.2, 0) is 26.2 Å². The van der Waals surface area contributed by atoms with Gasteiger partial charge in [0.1, 0.15) is 11.5 Å². The Morgan fingerprint density at radius 2 is 1.00 bits per heavy atom. The molecule has 0 aromatic heterocycles. The normalized spacial score (nSPS) is 19.9. The van der Waals surface area contributed by atoms with Crippen molar-refractivity contribution in [3.8, 4) is 11.5 Å². The summed E-state index contributed by atoms with van der Waals surface area (Å²) < 4.78 is 26.0. The second-order valence-corrected chi connectivity index (χ2v) is 16.1. The zero-order chi connectivity index (χ0) is 32.1. The van der Waals surface area contributed by atoms with Gasteiger partial charge < -0.3 is 19.3 Å². The highest BCUT2D eigenvalue weighted by molar-refractivity contribution is 7.48. The molecule has 0 bridgehead atoms. The maximum absolute atomic E-state index is 13.9. The summed E-state index contributed by atoms with van der Waals surface area (Å²) in [4.78, 5) is 11.3. The Balaban J connectivity index is 2.64. The van der Waals surface area contributed by atoms with Crippen molar-refractivity contribution in [3.05, 3.63) is 57.6 Å². The zero-order valence-corrected chi connectivity index (χ0v) is 28.9. The molecule has 6 nitrogen and oxygen atoms in total. The Morgan fingerprint density at radius 1 is 0.667 bits per heavy atom. The van der Waals surface area contributed by atoms with Crippen LogP contribution in [0.4, 0.5) is 0 Å². The van der Waals surface area contributed by atoms with Crippen molar-refractivity contribution in [3.63, 3.8) is 0 Å². The minimum Gasteiger partial charge on any atom is -0.395 e. The number of aliphatic hydroxyl groups is 2. The fraction of sp³-hybridized carbons (Fsp3) is 0.657. The van der Waals surface area contributed by atoms with Gasteiger partial charge in [-0.05, 0) is 58.5 Å². The standard InChI is InChI=1S/C35H55O6P/c1-13-32(5,6)22-17-25-24(21-29(36)37)26-18-23(33(7,8)14-2)20-28(35(11,12)16-4)31(26)41-42(38,39)40-30(25)27(19-22)34(9,10)15-3/h17-20,24,29,36-37H,13-16,21H2,1-12H3,(H,38,39). The lowest BCUT2D eigenvalue weighted by molar-refractivity contribution is -0.0478. The first kappa shape index (κ1) is 34.6. The zero-order valence-electron chi connectivity index (χ0n) is 28.0. The van der Waals surface area contributed by atoms with Crippen LogP contribution in [0.15, 0.2) is 24.3 Å². The van der Waals surface area contributed by atoms with E-state index < -0.39 is 30.9 Å². The molecule has 236 valence electrons. The van der Waals surface area contributed by atoms with Gasteiger partial charge in [-0.1, -0.05) is 107 Å². The van der Waals surface area contributed by atoms with Crippen molar-refractivity contribution in [2.75, 3.05) is 0 Å². The maximum Gasteiger partial charge on any atom is 0.584 e. The summed E-state index contributed by atoms with van der Waals surface area (Å²) in [7, 11) is -4.65. The van der Waals surface area contributed by atoms with Crippen LogP contribution < -0.4 is 9.05 Å². The molecule has 2 aromatic carbocycles. The van der Waals surface area contributed by atoms with E-state index in [4.69, 9.17) is 9.05 Å². The van der Waals surface area contributed by atoms with Crippen LogP contribution in [0.1, 0.15) is 154 Å². The minimum atomic E-state index is -4.65. The Kier molecular flexibility index (Phi) is 9.83. The van der Waals surface area contributed by atoms with E-state index in [-0.39, 0.29) is 17.3 Å². The lowest BCUT2D eigenvalue weighted by Crippen LogP contribution is -2.27. The Labute approximate surface area is 254 Å². The van der Waals surface area contributed by atoms with E-state index in [2.05, 4.69) is 107 Å². The fourth-order valence-corrected chi connectivity index (χ4v) is 6.39. The molecule has 0 saturated heterocycles. The highest BCUT2D eigenvalue weighted by Gasteiger charge is 2.42. The third-order valence-corrected chi connectivity index (χ3v) is 11.2. The molecular formula is C35H55O6P. The third kappa shape index (κ3) is 6.78. The molecule has 1 heterocycles. The van der Waals surface area contributed by atoms with Gasteiger partial charge in [0, 0.05) is 34.6 Å². The summed E-state index contributed by atoms with van der Waals surface area (Å²) in [5.74, 6) is 0.0421. The molecule has 0 unspecified atom stereocenters. The first-order valence-electron chi connectivity index (χ1n) is 15.6. The molecule has 0 fully saturated rings. The molecule has 2 aromatic rings. The minimum absolute atomic E-state index is 0.0214. The van der Waals surface area contributed by atoms with Gasteiger partial charge in [-0.2, -0.15) is 0 Å². The van der Waals surface area contributed by atoms with Crippen molar-refractivity contribution in [1.29, 1.82) is 0 Å². The third-order valence-electron chi connectivity index (χ3n) is 10.4. The molecule has 0 atom stereocenters. The molecule has 0 saturated carbocycles. The number of aliphatic hydroxyl groups excluding tert-OH is 1. The number of hydrogen-bond donors (Lipinski definition) is 3. The van der Waals surface area contributed by atoms with E-state index in [0.29, 0.717) is 22.6 Å². The van der Waals surface area contributed by atoms with Crippen molar-refractivity contribution in [1.82, 2.24) is 0 Å². The summed E-state index contributed by atoms with van der Waals surface area (Å²) in [6, 6.07) is 8.31. The van der Waals surface area contributed by atoms with Gasteiger partial charge in [0.15, 0.2) is 6.29 Å². The maximum atomic E-state index is 13.9. The Hall–Kier alpha value is -1.85. The largest absolute Gasteiger partial charge is 0.584 e. The number of rotatable bonds is 10. The summed E-state index contributed by atoms with van der Waals surface area (Å²) >= 11 is 0. The predicted octanol–water partition coefficient (Wildman–Crippen LogP) is 9.14. The average Bonchev–Trinajstić information content (AvgIpc) is 2.90. The Morgan fingerprint density at radius 3 is 1.29 bits per heavy atom. The molecule has 3 N–H and O–H groups in total. The van der Waals surface area contributed by atoms with E-state index in [9.17, 15) is 19.7 Å². The molecule has 0 spiro atoms. The second kappa shape index (κ2) is 11.9. The lowest BCUT2D eigenvalue weighted by atomic mass is 9.71. The lowest BCUT2D eigenvalue weighted by Gasteiger charge is -2.38.